The fourth-order valence-corrected chi connectivity index (χ4v) is 7.94. The molecule has 456 valence electrons. The Morgan fingerprint density at radius 3 is 0.625 bits per heavy atom. The Balaban J connectivity index is 3.45. The molecule has 1 saturated heterocycles. The van der Waals surface area contributed by atoms with Gasteiger partial charge in [-0.3, -0.25) is 58.0 Å². The van der Waals surface area contributed by atoms with E-state index >= 15 is 0 Å². The largest absolute Gasteiger partial charge is 0.480 e. The van der Waals surface area contributed by atoms with Gasteiger partial charge in [0.1, 0.15) is 24.2 Å². The van der Waals surface area contributed by atoms with E-state index in [9.17, 15) is 78.0 Å². The zero-order valence-electron chi connectivity index (χ0n) is 45.7. The summed E-state index contributed by atoms with van der Waals surface area (Å²) in [4.78, 5) is 158. The number of nitrogens with one attached hydrogen (secondary N) is 8. The Morgan fingerprint density at radius 2 is 0.475 bits per heavy atom. The number of carboxylic acid groups (broad SMARTS) is 4. The SMILES string of the molecule is NCCCCC(NC(=O)CNC(=O)CN1CCN(CC(=O)NCC(=O)NC(CCCCN)C(=O)O)CCN(CC(=O)NCC(=O)NC(CCCCN)C(=O)O)CCN(CC(=O)NCC(=O)NC(CCCCN)C(=O)O)CC1)C(=O)O. The lowest BCUT2D eigenvalue weighted by molar-refractivity contribution is -0.142. The third kappa shape index (κ3) is 34.4. The van der Waals surface area contributed by atoms with Crippen LogP contribution < -0.4 is 65.5 Å². The third-order valence-electron chi connectivity index (χ3n) is 12.5. The van der Waals surface area contributed by atoms with Crippen LogP contribution in [-0.2, 0) is 57.5 Å². The zero-order valence-corrected chi connectivity index (χ0v) is 45.7. The van der Waals surface area contributed by atoms with Crippen molar-refractivity contribution in [1.29, 1.82) is 0 Å². The normalized spacial score (nSPS) is 15.4. The fourth-order valence-electron chi connectivity index (χ4n) is 7.94. The zero-order chi connectivity index (χ0) is 59.8. The first kappa shape index (κ1) is 71.3. The number of hydrogen-bond acceptors (Lipinski definition) is 20. The minimum Gasteiger partial charge on any atom is -0.480 e. The van der Waals surface area contributed by atoms with Crippen molar-refractivity contribution in [3.63, 3.8) is 0 Å². The summed E-state index contributed by atoms with van der Waals surface area (Å²) in [5.41, 5.74) is 22.0. The second-order valence-electron chi connectivity index (χ2n) is 19.2. The number of rotatable bonds is 40. The molecule has 0 aromatic heterocycles. The van der Waals surface area contributed by atoms with Crippen LogP contribution in [0.15, 0.2) is 0 Å². The summed E-state index contributed by atoms with van der Waals surface area (Å²) in [6.45, 7) is -1.78. The molecule has 0 bridgehead atoms. The second kappa shape index (κ2) is 42.2. The van der Waals surface area contributed by atoms with Crippen molar-refractivity contribution in [3.05, 3.63) is 0 Å². The lowest BCUT2D eigenvalue weighted by atomic mass is 10.1. The number of nitrogens with two attached hydrogens (primary N) is 4. The molecule has 32 nitrogen and oxygen atoms in total. The predicted molar refractivity (Wildman–Crippen MR) is 288 cm³/mol. The fraction of sp³-hybridized carbons (Fsp3) is 0.750. The van der Waals surface area contributed by atoms with E-state index in [1.54, 1.807) is 19.6 Å². The van der Waals surface area contributed by atoms with Gasteiger partial charge in [0.05, 0.1) is 52.4 Å². The van der Waals surface area contributed by atoms with Crippen molar-refractivity contribution < 1.29 is 78.0 Å². The number of nitrogens with zero attached hydrogens (tertiary/aromatic N) is 4. The van der Waals surface area contributed by atoms with E-state index in [1.807, 2.05) is 0 Å². The van der Waals surface area contributed by atoms with Gasteiger partial charge in [0, 0.05) is 52.4 Å². The summed E-state index contributed by atoms with van der Waals surface area (Å²) in [6, 6.07) is -4.87. The molecule has 1 aliphatic rings. The van der Waals surface area contributed by atoms with Crippen LogP contribution in [0, 0.1) is 0 Å². The molecule has 0 saturated carbocycles. The maximum atomic E-state index is 13.4. The van der Waals surface area contributed by atoms with Gasteiger partial charge >= 0.3 is 23.9 Å². The van der Waals surface area contributed by atoms with Crippen LogP contribution in [0.3, 0.4) is 0 Å². The first-order valence-corrected chi connectivity index (χ1v) is 27.0. The molecule has 32 heteroatoms. The standard InChI is InChI=1S/C48H88N16O16/c49-13-5-1-9-33(45(73)74)57-37(65)25-53-41(69)29-61-17-19-62(30-42(70)54-26-38(66)58-34(46(75)76)10-2-6-14-50)21-23-64(32-44(72)56-28-40(68)60-36(48(79)80)12-4-8-16-52)24-22-63(20-18-61)31-43(71)55-27-39(67)59-35(47(77)78)11-3-7-15-51/h33-36H,1-32,49-52H2,(H,53,69)(H,54,70)(H,55,71)(H,56,72)(H,57,65)(H,58,66)(H,59,67)(H,60,68)(H,73,74)(H,75,76)(H,77,78)(H,79,80). The molecule has 0 aromatic rings. The molecule has 0 spiro atoms. The quantitative estimate of drug-likeness (QED) is 0.0253. The maximum Gasteiger partial charge on any atom is 0.326 e. The molecule has 1 rings (SSSR count). The first-order chi connectivity index (χ1) is 38.1. The third-order valence-corrected chi connectivity index (χ3v) is 12.5. The van der Waals surface area contributed by atoms with E-state index in [0.29, 0.717) is 77.5 Å². The summed E-state index contributed by atoms with van der Waals surface area (Å²) in [6.07, 6.45) is 4.34. The van der Waals surface area contributed by atoms with Crippen LogP contribution in [0.1, 0.15) is 77.0 Å². The molecular formula is C48H88N16O16. The number of hydrogen-bond donors (Lipinski definition) is 16. The molecule has 1 fully saturated rings. The number of carboxylic acids is 4. The number of carbonyl (C=O) groups is 12. The molecule has 0 aromatic carbocycles. The number of unbranched alkanes of at least 4 members (excludes halogenated alkanes) is 4. The van der Waals surface area contributed by atoms with Gasteiger partial charge in [-0.15, -0.1) is 0 Å². The number of amides is 8. The molecule has 0 radical (unpaired) electrons. The highest BCUT2D eigenvalue weighted by Crippen LogP contribution is 2.06. The number of carbonyl (C=O) groups excluding carboxylic acids is 8. The summed E-state index contributed by atoms with van der Waals surface area (Å²) >= 11 is 0. The van der Waals surface area contributed by atoms with Crippen molar-refractivity contribution >= 4 is 71.1 Å². The molecule has 80 heavy (non-hydrogen) atoms. The topological polar surface area (TPSA) is 499 Å². The number of aliphatic carboxylic acids is 4. The minimum atomic E-state index is -1.26. The molecular weight excluding hydrogens is 1060 g/mol. The summed E-state index contributed by atoms with van der Waals surface area (Å²) in [5.74, 6) is -10.7. The van der Waals surface area contributed by atoms with Crippen molar-refractivity contribution in [3.8, 4) is 0 Å². The Kier molecular flexibility index (Phi) is 37.7. The molecule has 8 amide bonds. The van der Waals surface area contributed by atoms with Crippen LogP contribution in [0.5, 0.6) is 0 Å². The molecule has 1 aliphatic heterocycles. The average Bonchev–Trinajstić information content (AvgIpc) is 3.40. The monoisotopic (exact) mass is 1140 g/mol. The molecule has 0 aliphatic carbocycles. The van der Waals surface area contributed by atoms with E-state index in [-0.39, 0.29) is 104 Å². The Morgan fingerprint density at radius 1 is 0.300 bits per heavy atom. The summed E-state index contributed by atoms with van der Waals surface area (Å²) in [7, 11) is 0. The van der Waals surface area contributed by atoms with Crippen LogP contribution in [0.2, 0.25) is 0 Å². The van der Waals surface area contributed by atoms with Crippen molar-refractivity contribution in [2.45, 2.75) is 101 Å². The van der Waals surface area contributed by atoms with Crippen LogP contribution in [-0.4, -0.2) is 266 Å². The van der Waals surface area contributed by atoms with Gasteiger partial charge in [-0.2, -0.15) is 0 Å². The highest BCUT2D eigenvalue weighted by atomic mass is 16.4. The summed E-state index contributed by atoms with van der Waals surface area (Å²) in [5, 5.41) is 57.8. The van der Waals surface area contributed by atoms with E-state index < -0.39 is 121 Å². The van der Waals surface area contributed by atoms with Gasteiger partial charge in [-0.05, 0) is 103 Å². The van der Waals surface area contributed by atoms with Gasteiger partial charge in [0.2, 0.25) is 47.3 Å². The van der Waals surface area contributed by atoms with Crippen molar-refractivity contribution in [2.24, 2.45) is 22.9 Å². The molecule has 4 unspecified atom stereocenters. The van der Waals surface area contributed by atoms with E-state index in [1.165, 1.54) is 0 Å². The highest BCUT2D eigenvalue weighted by molar-refractivity contribution is 5.91. The summed E-state index contributed by atoms with van der Waals surface area (Å²) < 4.78 is 0. The smallest absolute Gasteiger partial charge is 0.326 e. The van der Waals surface area contributed by atoms with E-state index in [0.717, 1.165) is 0 Å². The van der Waals surface area contributed by atoms with Crippen LogP contribution in [0.4, 0.5) is 0 Å². The average molecular weight is 1150 g/mol. The first-order valence-electron chi connectivity index (χ1n) is 27.0. The van der Waals surface area contributed by atoms with Crippen molar-refractivity contribution in [1.82, 2.24) is 62.1 Å². The lowest BCUT2D eigenvalue weighted by Crippen LogP contribution is -2.53. The van der Waals surface area contributed by atoms with Crippen molar-refractivity contribution in [2.75, 3.05) is 131 Å². The van der Waals surface area contributed by atoms with Crippen LogP contribution in [0.25, 0.3) is 0 Å². The predicted octanol–water partition coefficient (Wildman–Crippen LogP) is -7.53. The molecule has 20 N–H and O–H groups in total. The highest BCUT2D eigenvalue weighted by Gasteiger charge is 2.26. The minimum absolute atomic E-state index is 0.0636. The Labute approximate surface area is 465 Å². The van der Waals surface area contributed by atoms with E-state index in [4.69, 9.17) is 22.9 Å². The lowest BCUT2D eigenvalue weighted by Gasteiger charge is -2.33. The molecule has 1 heterocycles. The van der Waals surface area contributed by atoms with E-state index in [2.05, 4.69) is 42.5 Å². The van der Waals surface area contributed by atoms with Crippen LogP contribution >= 0.6 is 0 Å². The second-order valence-corrected chi connectivity index (χ2v) is 19.2. The van der Waals surface area contributed by atoms with Gasteiger partial charge < -0.3 is 85.9 Å². The van der Waals surface area contributed by atoms with Gasteiger partial charge in [-0.1, -0.05) is 0 Å². The maximum absolute atomic E-state index is 13.4. The van der Waals surface area contributed by atoms with Gasteiger partial charge in [-0.25, -0.2) is 19.2 Å². The van der Waals surface area contributed by atoms with Gasteiger partial charge in [0.25, 0.3) is 0 Å². The Hall–Kier alpha value is -6.68. The van der Waals surface area contributed by atoms with Gasteiger partial charge in [0.15, 0.2) is 0 Å². The molecule has 4 atom stereocenters. The Bertz CT molecular complexity index is 1700.